The van der Waals surface area contributed by atoms with Crippen LogP contribution in [0.1, 0.15) is 38.3 Å². The fourth-order valence-corrected chi connectivity index (χ4v) is 3.37. The summed E-state index contributed by atoms with van der Waals surface area (Å²) in [6, 6.07) is 6.84. The van der Waals surface area contributed by atoms with E-state index < -0.39 is 0 Å². The normalized spacial score (nSPS) is 28.6. The van der Waals surface area contributed by atoms with Crippen molar-refractivity contribution in [3.05, 3.63) is 34.3 Å². The predicted octanol–water partition coefficient (Wildman–Crippen LogP) is 3.67. The molecule has 19 heavy (non-hydrogen) atoms. The molecule has 3 atom stereocenters. The molecule has 1 aliphatic heterocycles. The van der Waals surface area contributed by atoms with Gasteiger partial charge in [0.2, 0.25) is 0 Å². The maximum Gasteiger partial charge on any atom is 0.0454 e. The van der Waals surface area contributed by atoms with Crippen LogP contribution in [-0.4, -0.2) is 17.5 Å². The number of hydrogen-bond acceptors (Lipinski definition) is 2. The van der Waals surface area contributed by atoms with Gasteiger partial charge in [0.05, 0.1) is 0 Å². The zero-order valence-electron chi connectivity index (χ0n) is 12.2. The van der Waals surface area contributed by atoms with Crippen molar-refractivity contribution < 1.29 is 0 Å². The molecule has 0 bridgehead atoms. The summed E-state index contributed by atoms with van der Waals surface area (Å²) in [4.78, 5) is 2.56. The van der Waals surface area contributed by atoms with Crippen LogP contribution < -0.4 is 5.73 Å². The maximum absolute atomic E-state index is 6.37. The highest BCUT2D eigenvalue weighted by atomic mass is 35.5. The average Bonchev–Trinajstić information content (AvgIpc) is 2.37. The van der Waals surface area contributed by atoms with Crippen LogP contribution in [0, 0.1) is 11.8 Å². The number of benzene rings is 1. The highest BCUT2D eigenvalue weighted by molar-refractivity contribution is 6.31. The summed E-state index contributed by atoms with van der Waals surface area (Å²) in [5.41, 5.74) is 7.96. The molecule has 1 aromatic rings. The SMILES string of the molecule is CC1CC(C)C(C)N(Cc2ccc(CN)cc2Cl)C1. The molecule has 1 fully saturated rings. The minimum atomic E-state index is 0.550. The van der Waals surface area contributed by atoms with Gasteiger partial charge in [-0.15, -0.1) is 0 Å². The standard InChI is InChI=1S/C16H25ClN2/c1-11-6-12(2)13(3)19(9-11)10-15-5-4-14(8-18)7-16(15)17/h4-5,7,11-13H,6,8-10,18H2,1-3H3. The molecule has 0 radical (unpaired) electrons. The van der Waals surface area contributed by atoms with Crippen LogP contribution in [0.4, 0.5) is 0 Å². The lowest BCUT2D eigenvalue weighted by Crippen LogP contribution is -2.45. The first-order valence-corrected chi connectivity index (χ1v) is 7.60. The molecule has 1 heterocycles. The van der Waals surface area contributed by atoms with Crippen molar-refractivity contribution in [2.24, 2.45) is 17.6 Å². The molecule has 0 aliphatic carbocycles. The van der Waals surface area contributed by atoms with E-state index in [1.54, 1.807) is 0 Å². The highest BCUT2D eigenvalue weighted by Gasteiger charge is 2.28. The minimum Gasteiger partial charge on any atom is -0.326 e. The Morgan fingerprint density at radius 1 is 1.32 bits per heavy atom. The van der Waals surface area contributed by atoms with E-state index in [1.807, 2.05) is 6.07 Å². The van der Waals surface area contributed by atoms with Crippen LogP contribution in [0.3, 0.4) is 0 Å². The summed E-state index contributed by atoms with van der Waals surface area (Å²) in [5, 5.41) is 0.848. The number of hydrogen-bond donors (Lipinski definition) is 1. The Balaban J connectivity index is 2.11. The van der Waals surface area contributed by atoms with E-state index in [2.05, 4.69) is 37.8 Å². The molecule has 3 heteroatoms. The number of likely N-dealkylation sites (tertiary alicyclic amines) is 1. The van der Waals surface area contributed by atoms with Gasteiger partial charge < -0.3 is 5.73 Å². The molecule has 106 valence electrons. The number of piperidine rings is 1. The Labute approximate surface area is 121 Å². The largest absolute Gasteiger partial charge is 0.326 e. The van der Waals surface area contributed by atoms with Gasteiger partial charge in [-0.3, -0.25) is 4.90 Å². The first-order valence-electron chi connectivity index (χ1n) is 7.22. The summed E-state index contributed by atoms with van der Waals surface area (Å²) in [5.74, 6) is 1.53. The zero-order valence-corrected chi connectivity index (χ0v) is 13.0. The van der Waals surface area contributed by atoms with Crippen molar-refractivity contribution in [3.8, 4) is 0 Å². The second-order valence-electron chi connectivity index (χ2n) is 6.12. The third kappa shape index (κ3) is 3.50. The molecule has 2 rings (SSSR count). The molecular formula is C16H25ClN2. The molecule has 2 nitrogen and oxygen atoms in total. The molecule has 2 N–H and O–H groups in total. The predicted molar refractivity (Wildman–Crippen MR) is 82.2 cm³/mol. The van der Waals surface area contributed by atoms with Gasteiger partial charge in [0.25, 0.3) is 0 Å². The van der Waals surface area contributed by atoms with Crippen molar-refractivity contribution >= 4 is 11.6 Å². The van der Waals surface area contributed by atoms with E-state index in [-0.39, 0.29) is 0 Å². The Hall–Kier alpha value is -0.570. The molecule has 3 unspecified atom stereocenters. The smallest absolute Gasteiger partial charge is 0.0454 e. The van der Waals surface area contributed by atoms with Crippen molar-refractivity contribution in [1.82, 2.24) is 4.90 Å². The van der Waals surface area contributed by atoms with Gasteiger partial charge >= 0.3 is 0 Å². The highest BCUT2D eigenvalue weighted by Crippen LogP contribution is 2.29. The summed E-state index contributed by atoms with van der Waals surface area (Å²) in [6.45, 7) is 9.69. The number of nitrogens with two attached hydrogens (primary N) is 1. The lowest BCUT2D eigenvalue weighted by Gasteiger charge is -2.41. The van der Waals surface area contributed by atoms with Gasteiger partial charge in [-0.1, -0.05) is 37.6 Å². The van der Waals surface area contributed by atoms with E-state index in [4.69, 9.17) is 17.3 Å². The molecule has 0 spiro atoms. The molecule has 0 amide bonds. The molecule has 1 saturated heterocycles. The molecular weight excluding hydrogens is 256 g/mol. The molecule has 1 aliphatic rings. The fraction of sp³-hybridized carbons (Fsp3) is 0.625. The van der Waals surface area contributed by atoms with Gasteiger partial charge in [-0.2, -0.15) is 0 Å². The Bertz CT molecular complexity index is 433. The van der Waals surface area contributed by atoms with Gasteiger partial charge in [0.15, 0.2) is 0 Å². The topological polar surface area (TPSA) is 29.3 Å². The zero-order chi connectivity index (χ0) is 14.0. The van der Waals surface area contributed by atoms with Crippen molar-refractivity contribution in [2.75, 3.05) is 6.54 Å². The Kier molecular flexibility index (Phi) is 4.88. The Morgan fingerprint density at radius 3 is 2.68 bits per heavy atom. The second-order valence-corrected chi connectivity index (χ2v) is 6.53. The van der Waals surface area contributed by atoms with E-state index in [9.17, 15) is 0 Å². The lowest BCUT2D eigenvalue weighted by molar-refractivity contribution is 0.0730. The van der Waals surface area contributed by atoms with Crippen LogP contribution in [0.2, 0.25) is 5.02 Å². The number of nitrogens with zero attached hydrogens (tertiary/aromatic N) is 1. The quantitative estimate of drug-likeness (QED) is 0.915. The van der Waals surface area contributed by atoms with Crippen LogP contribution in [0.25, 0.3) is 0 Å². The maximum atomic E-state index is 6.37. The third-order valence-corrected chi connectivity index (χ3v) is 4.80. The molecule has 0 aromatic heterocycles. The first kappa shape index (κ1) is 14.8. The van der Waals surface area contributed by atoms with Crippen LogP contribution >= 0.6 is 11.6 Å². The molecule has 1 aromatic carbocycles. The van der Waals surface area contributed by atoms with Crippen molar-refractivity contribution in [1.29, 1.82) is 0 Å². The van der Waals surface area contributed by atoms with E-state index in [0.717, 1.165) is 29.0 Å². The van der Waals surface area contributed by atoms with Crippen LogP contribution in [-0.2, 0) is 13.1 Å². The van der Waals surface area contributed by atoms with Gasteiger partial charge in [0, 0.05) is 30.7 Å². The summed E-state index contributed by atoms with van der Waals surface area (Å²) >= 11 is 6.37. The van der Waals surface area contributed by atoms with E-state index in [0.29, 0.717) is 12.6 Å². The van der Waals surface area contributed by atoms with Gasteiger partial charge in [-0.05, 0) is 42.4 Å². The Morgan fingerprint density at radius 2 is 2.05 bits per heavy atom. The van der Waals surface area contributed by atoms with Gasteiger partial charge in [0.1, 0.15) is 0 Å². The van der Waals surface area contributed by atoms with Crippen LogP contribution in [0.15, 0.2) is 18.2 Å². The van der Waals surface area contributed by atoms with Gasteiger partial charge in [-0.25, -0.2) is 0 Å². The monoisotopic (exact) mass is 280 g/mol. The van der Waals surface area contributed by atoms with Crippen molar-refractivity contribution in [2.45, 2.75) is 46.3 Å². The summed E-state index contributed by atoms with van der Waals surface area (Å²) in [7, 11) is 0. The van der Waals surface area contributed by atoms with E-state index >= 15 is 0 Å². The fourth-order valence-electron chi connectivity index (χ4n) is 3.11. The third-order valence-electron chi connectivity index (χ3n) is 4.45. The van der Waals surface area contributed by atoms with E-state index in [1.165, 1.54) is 18.5 Å². The minimum absolute atomic E-state index is 0.550. The van der Waals surface area contributed by atoms with Crippen LogP contribution in [0.5, 0.6) is 0 Å². The van der Waals surface area contributed by atoms with Crippen molar-refractivity contribution in [3.63, 3.8) is 0 Å². The summed E-state index contributed by atoms with van der Waals surface area (Å²) < 4.78 is 0. The second kappa shape index (κ2) is 6.25. The average molecular weight is 281 g/mol. The molecule has 0 saturated carbocycles. The summed E-state index contributed by atoms with van der Waals surface area (Å²) in [6.07, 6.45) is 1.33. The number of rotatable bonds is 3. The first-order chi connectivity index (χ1) is 9.01. The number of halogens is 1. The lowest BCUT2D eigenvalue weighted by atomic mass is 9.86.